The standard InChI is InChI=1S/C32H41N3O3/c1-21-19-26(13-16-30(21)38-3)24-11-9-23(10-12-24)20-27-28(33-32(37)25-7-5-4-6-8-25)14-15-29(36)31(27)35-18-17-22(2)34-35/h13-19,23-25,36H,4-12,20H2,1-3H3,(H,33,37). The van der Waals surface area contributed by atoms with Crippen molar-refractivity contribution < 1.29 is 14.6 Å². The van der Waals surface area contributed by atoms with Crippen molar-refractivity contribution in [3.05, 3.63) is 65.0 Å². The van der Waals surface area contributed by atoms with Crippen LogP contribution >= 0.6 is 0 Å². The number of aromatic nitrogens is 2. The van der Waals surface area contributed by atoms with Crippen LogP contribution in [0.25, 0.3) is 5.69 Å². The van der Waals surface area contributed by atoms with Gasteiger partial charge in [-0.2, -0.15) is 5.10 Å². The maximum absolute atomic E-state index is 13.2. The number of nitrogens with zero attached hydrogens (tertiary/aromatic N) is 2. The van der Waals surface area contributed by atoms with Crippen LogP contribution in [-0.2, 0) is 11.2 Å². The molecule has 2 N–H and O–H groups in total. The summed E-state index contributed by atoms with van der Waals surface area (Å²) in [4.78, 5) is 13.2. The summed E-state index contributed by atoms with van der Waals surface area (Å²) < 4.78 is 7.22. The van der Waals surface area contributed by atoms with E-state index in [9.17, 15) is 9.90 Å². The molecule has 2 aromatic carbocycles. The van der Waals surface area contributed by atoms with E-state index in [1.54, 1.807) is 17.9 Å². The van der Waals surface area contributed by atoms with Crippen LogP contribution in [0.1, 0.15) is 86.1 Å². The molecular formula is C32H41N3O3. The second kappa shape index (κ2) is 11.6. The van der Waals surface area contributed by atoms with E-state index < -0.39 is 0 Å². The number of methoxy groups -OCH3 is 1. The average molecular weight is 516 g/mol. The number of hydrogen-bond acceptors (Lipinski definition) is 4. The first kappa shape index (κ1) is 26.3. The van der Waals surface area contributed by atoms with Gasteiger partial charge in [-0.15, -0.1) is 0 Å². The summed E-state index contributed by atoms with van der Waals surface area (Å²) in [5.41, 5.74) is 5.96. The fourth-order valence-corrected chi connectivity index (χ4v) is 6.49. The number of aryl methyl sites for hydroxylation is 2. The van der Waals surface area contributed by atoms with E-state index in [1.165, 1.54) is 17.5 Å². The highest BCUT2D eigenvalue weighted by molar-refractivity contribution is 5.94. The molecule has 0 bridgehead atoms. The number of amides is 1. The number of phenols is 1. The van der Waals surface area contributed by atoms with Crippen molar-refractivity contribution in [2.75, 3.05) is 12.4 Å². The summed E-state index contributed by atoms with van der Waals surface area (Å²) in [7, 11) is 1.72. The Labute approximate surface area is 226 Å². The minimum absolute atomic E-state index is 0.0733. The first-order valence-corrected chi connectivity index (χ1v) is 14.3. The molecule has 6 nitrogen and oxygen atoms in total. The molecule has 1 aromatic heterocycles. The third-order valence-corrected chi connectivity index (χ3v) is 8.68. The number of rotatable bonds is 7. The molecule has 2 aliphatic carbocycles. The fraction of sp³-hybridized carbons (Fsp3) is 0.500. The largest absolute Gasteiger partial charge is 0.506 e. The number of ether oxygens (including phenoxy) is 1. The molecule has 2 fully saturated rings. The molecule has 0 saturated heterocycles. The summed E-state index contributed by atoms with van der Waals surface area (Å²) in [5.74, 6) is 2.35. The zero-order valence-electron chi connectivity index (χ0n) is 23.0. The molecule has 0 radical (unpaired) electrons. The van der Waals surface area contributed by atoms with Gasteiger partial charge in [0.1, 0.15) is 17.2 Å². The van der Waals surface area contributed by atoms with Gasteiger partial charge in [0.05, 0.1) is 12.8 Å². The lowest BCUT2D eigenvalue weighted by molar-refractivity contribution is -0.120. The van der Waals surface area contributed by atoms with Crippen molar-refractivity contribution >= 4 is 11.6 Å². The van der Waals surface area contributed by atoms with Gasteiger partial charge in [-0.05, 0) is 106 Å². The molecule has 3 aromatic rings. The topological polar surface area (TPSA) is 76.4 Å². The second-order valence-electron chi connectivity index (χ2n) is 11.3. The monoisotopic (exact) mass is 515 g/mol. The molecule has 2 aliphatic rings. The SMILES string of the molecule is COc1ccc(C2CCC(Cc3c(NC(=O)C4CCCCC4)ccc(O)c3-n3ccc(C)n3)CC2)cc1C. The van der Waals surface area contributed by atoms with Crippen LogP contribution in [0.4, 0.5) is 5.69 Å². The average Bonchev–Trinajstić information content (AvgIpc) is 3.36. The number of phenolic OH excluding ortho intramolecular Hbond substituents is 1. The molecule has 0 aliphatic heterocycles. The van der Waals surface area contributed by atoms with Crippen LogP contribution < -0.4 is 10.1 Å². The molecule has 5 rings (SSSR count). The minimum Gasteiger partial charge on any atom is -0.506 e. The van der Waals surface area contributed by atoms with Gasteiger partial charge in [-0.25, -0.2) is 4.68 Å². The van der Waals surface area contributed by atoms with Crippen molar-refractivity contribution in [3.63, 3.8) is 0 Å². The van der Waals surface area contributed by atoms with Gasteiger partial charge < -0.3 is 15.2 Å². The van der Waals surface area contributed by atoms with Gasteiger partial charge in [-0.3, -0.25) is 4.79 Å². The number of nitrogens with one attached hydrogen (secondary N) is 1. The van der Waals surface area contributed by atoms with Crippen molar-refractivity contribution in [1.29, 1.82) is 0 Å². The molecule has 6 heteroatoms. The van der Waals surface area contributed by atoms with E-state index in [0.717, 1.165) is 80.5 Å². The Bertz CT molecular complexity index is 1270. The smallest absolute Gasteiger partial charge is 0.227 e. The predicted octanol–water partition coefficient (Wildman–Crippen LogP) is 7.24. The molecule has 0 unspecified atom stereocenters. The molecule has 0 spiro atoms. The Morgan fingerprint density at radius 1 is 1.03 bits per heavy atom. The summed E-state index contributed by atoms with van der Waals surface area (Å²) >= 11 is 0. The molecule has 2 saturated carbocycles. The van der Waals surface area contributed by atoms with E-state index in [1.807, 2.05) is 25.3 Å². The summed E-state index contributed by atoms with van der Waals surface area (Å²) in [6.07, 6.45) is 12.6. The van der Waals surface area contributed by atoms with E-state index >= 15 is 0 Å². The van der Waals surface area contributed by atoms with Gasteiger partial charge in [0.25, 0.3) is 0 Å². The van der Waals surface area contributed by atoms with E-state index in [0.29, 0.717) is 17.5 Å². The van der Waals surface area contributed by atoms with E-state index in [2.05, 4.69) is 35.5 Å². The van der Waals surface area contributed by atoms with Crippen molar-refractivity contribution in [2.24, 2.45) is 11.8 Å². The lowest BCUT2D eigenvalue weighted by atomic mass is 9.76. The molecule has 1 amide bonds. The Balaban J connectivity index is 1.37. The highest BCUT2D eigenvalue weighted by Gasteiger charge is 2.28. The summed E-state index contributed by atoms with van der Waals surface area (Å²) in [6, 6.07) is 12.1. The zero-order valence-corrected chi connectivity index (χ0v) is 23.0. The predicted molar refractivity (Wildman–Crippen MR) is 151 cm³/mol. The summed E-state index contributed by atoms with van der Waals surface area (Å²) in [5, 5.41) is 18.8. The molecule has 38 heavy (non-hydrogen) atoms. The van der Waals surface area contributed by atoms with Crippen molar-refractivity contribution in [2.45, 2.75) is 84.0 Å². The van der Waals surface area contributed by atoms with Crippen LogP contribution in [0, 0.1) is 25.7 Å². The first-order chi connectivity index (χ1) is 18.4. The Morgan fingerprint density at radius 3 is 2.45 bits per heavy atom. The van der Waals surface area contributed by atoms with Crippen LogP contribution in [0.15, 0.2) is 42.6 Å². The van der Waals surface area contributed by atoms with Gasteiger partial charge in [0, 0.05) is 23.4 Å². The second-order valence-corrected chi connectivity index (χ2v) is 11.3. The van der Waals surface area contributed by atoms with Crippen molar-refractivity contribution in [3.8, 4) is 17.2 Å². The Kier molecular flexibility index (Phi) is 8.06. The number of aromatic hydroxyl groups is 1. The van der Waals surface area contributed by atoms with Crippen molar-refractivity contribution in [1.82, 2.24) is 9.78 Å². The fourth-order valence-electron chi connectivity index (χ4n) is 6.49. The molecular weight excluding hydrogens is 474 g/mol. The third-order valence-electron chi connectivity index (χ3n) is 8.68. The third kappa shape index (κ3) is 5.74. The van der Waals surface area contributed by atoms with Gasteiger partial charge in [0.2, 0.25) is 5.91 Å². The highest BCUT2D eigenvalue weighted by atomic mass is 16.5. The van der Waals surface area contributed by atoms with E-state index in [-0.39, 0.29) is 17.6 Å². The minimum atomic E-state index is 0.0733. The Hall–Kier alpha value is -3.28. The number of carbonyl (C=O) groups excluding carboxylic acids is 1. The van der Waals surface area contributed by atoms with Crippen LogP contribution in [0.2, 0.25) is 0 Å². The molecule has 0 atom stereocenters. The van der Waals surface area contributed by atoms with Gasteiger partial charge >= 0.3 is 0 Å². The number of anilines is 1. The molecule has 1 heterocycles. The Morgan fingerprint density at radius 2 is 1.79 bits per heavy atom. The first-order valence-electron chi connectivity index (χ1n) is 14.3. The maximum atomic E-state index is 13.2. The lowest BCUT2D eigenvalue weighted by Gasteiger charge is -2.30. The summed E-state index contributed by atoms with van der Waals surface area (Å²) in [6.45, 7) is 4.06. The number of carbonyl (C=O) groups is 1. The zero-order chi connectivity index (χ0) is 26.6. The van der Waals surface area contributed by atoms with Crippen LogP contribution in [0.5, 0.6) is 11.5 Å². The number of hydrogen-bond donors (Lipinski definition) is 2. The highest BCUT2D eigenvalue weighted by Crippen LogP contribution is 2.41. The van der Waals surface area contributed by atoms with Gasteiger partial charge in [0.15, 0.2) is 0 Å². The van der Waals surface area contributed by atoms with E-state index in [4.69, 9.17) is 4.74 Å². The normalized spacial score (nSPS) is 20.3. The van der Waals surface area contributed by atoms with Gasteiger partial charge in [-0.1, -0.05) is 31.4 Å². The quantitative estimate of drug-likeness (QED) is 0.325. The number of benzene rings is 2. The maximum Gasteiger partial charge on any atom is 0.227 e. The van der Waals surface area contributed by atoms with Crippen LogP contribution in [0.3, 0.4) is 0 Å². The lowest BCUT2D eigenvalue weighted by Crippen LogP contribution is -2.26. The van der Waals surface area contributed by atoms with Crippen LogP contribution in [-0.4, -0.2) is 27.9 Å². The molecule has 202 valence electrons.